The van der Waals surface area contributed by atoms with Crippen LogP contribution in [0.5, 0.6) is 11.5 Å². The quantitative estimate of drug-likeness (QED) is 0.874. The summed E-state index contributed by atoms with van der Waals surface area (Å²) >= 11 is 0. The molecular weight excluding hydrogens is 264 g/mol. The molecule has 0 heterocycles. The van der Waals surface area contributed by atoms with Gasteiger partial charge in [0.25, 0.3) is 0 Å². The highest BCUT2D eigenvalue weighted by Crippen LogP contribution is 2.23. The van der Waals surface area contributed by atoms with E-state index in [0.29, 0.717) is 5.92 Å². The fraction of sp³-hybridized carbons (Fsp3) is 0.333. The minimum Gasteiger partial charge on any atom is -0.497 e. The molecule has 0 fully saturated rings. The van der Waals surface area contributed by atoms with Crippen molar-refractivity contribution in [2.75, 3.05) is 13.7 Å². The maximum Gasteiger partial charge on any atom is 0.119 e. The van der Waals surface area contributed by atoms with Gasteiger partial charge in [-0.15, -0.1) is 0 Å². The molecule has 0 saturated carbocycles. The van der Waals surface area contributed by atoms with Gasteiger partial charge in [-0.2, -0.15) is 0 Å². The fourth-order valence-electron chi connectivity index (χ4n) is 2.08. The van der Waals surface area contributed by atoms with E-state index in [0.717, 1.165) is 17.1 Å². The number of methoxy groups -OCH3 is 1. The van der Waals surface area contributed by atoms with Crippen molar-refractivity contribution in [3.05, 3.63) is 59.7 Å². The van der Waals surface area contributed by atoms with Crippen LogP contribution in [0.25, 0.3) is 0 Å². The first-order valence-corrected chi connectivity index (χ1v) is 7.15. The van der Waals surface area contributed by atoms with Crippen molar-refractivity contribution in [2.45, 2.75) is 25.9 Å². The third-order valence-electron chi connectivity index (χ3n) is 3.41. The summed E-state index contributed by atoms with van der Waals surface area (Å²) in [6, 6.07) is 15.4. The number of aliphatic hydroxyl groups is 1. The summed E-state index contributed by atoms with van der Waals surface area (Å²) in [5.74, 6) is 1.97. The molecule has 112 valence electrons. The third kappa shape index (κ3) is 4.23. The van der Waals surface area contributed by atoms with Gasteiger partial charge in [-0.3, -0.25) is 0 Å². The van der Waals surface area contributed by atoms with E-state index in [1.54, 1.807) is 7.11 Å². The van der Waals surface area contributed by atoms with Crippen molar-refractivity contribution in [1.29, 1.82) is 0 Å². The molecule has 0 aliphatic rings. The van der Waals surface area contributed by atoms with Gasteiger partial charge in [-0.05, 0) is 41.3 Å². The van der Waals surface area contributed by atoms with Crippen LogP contribution in [0.1, 0.15) is 37.0 Å². The Balaban J connectivity index is 2.00. The van der Waals surface area contributed by atoms with Crippen LogP contribution in [0, 0.1) is 0 Å². The van der Waals surface area contributed by atoms with Crippen molar-refractivity contribution in [3.63, 3.8) is 0 Å². The number of rotatable bonds is 6. The van der Waals surface area contributed by atoms with Gasteiger partial charge in [0, 0.05) is 0 Å². The molecule has 1 N–H and O–H groups in total. The zero-order valence-corrected chi connectivity index (χ0v) is 12.7. The summed E-state index contributed by atoms with van der Waals surface area (Å²) in [4.78, 5) is 0. The summed E-state index contributed by atoms with van der Waals surface area (Å²) in [6.45, 7) is 4.50. The molecule has 21 heavy (non-hydrogen) atoms. The lowest BCUT2D eigenvalue weighted by atomic mass is 10.0. The van der Waals surface area contributed by atoms with Crippen molar-refractivity contribution >= 4 is 0 Å². The third-order valence-corrected chi connectivity index (χ3v) is 3.41. The highest BCUT2D eigenvalue weighted by atomic mass is 16.5. The predicted molar refractivity (Wildman–Crippen MR) is 84.0 cm³/mol. The van der Waals surface area contributed by atoms with Crippen LogP contribution in [0.3, 0.4) is 0 Å². The number of benzene rings is 2. The highest BCUT2D eigenvalue weighted by molar-refractivity contribution is 5.31. The minimum atomic E-state index is -0.678. The molecule has 2 aromatic carbocycles. The zero-order valence-electron chi connectivity index (χ0n) is 12.7. The second-order valence-electron chi connectivity index (χ2n) is 5.33. The van der Waals surface area contributed by atoms with Crippen LogP contribution in [-0.2, 0) is 0 Å². The minimum absolute atomic E-state index is 0.217. The van der Waals surface area contributed by atoms with Gasteiger partial charge < -0.3 is 14.6 Å². The maximum absolute atomic E-state index is 10.2. The Kier molecular flexibility index (Phi) is 5.23. The van der Waals surface area contributed by atoms with E-state index in [1.165, 1.54) is 5.56 Å². The number of hydrogen-bond donors (Lipinski definition) is 1. The maximum atomic E-state index is 10.2. The number of aliphatic hydroxyl groups excluding tert-OH is 1. The summed E-state index contributed by atoms with van der Waals surface area (Å²) < 4.78 is 10.9. The summed E-state index contributed by atoms with van der Waals surface area (Å²) in [5, 5.41) is 10.2. The van der Waals surface area contributed by atoms with E-state index < -0.39 is 6.10 Å². The molecule has 0 amide bonds. The monoisotopic (exact) mass is 286 g/mol. The predicted octanol–water partition coefficient (Wildman–Crippen LogP) is 3.93. The first-order chi connectivity index (χ1) is 10.1. The Morgan fingerprint density at radius 3 is 2.24 bits per heavy atom. The van der Waals surface area contributed by atoms with E-state index in [2.05, 4.69) is 19.9 Å². The molecule has 0 bridgehead atoms. The Labute approximate surface area is 126 Å². The number of ether oxygens (including phenoxy) is 2. The second kappa shape index (κ2) is 7.14. The van der Waals surface area contributed by atoms with Gasteiger partial charge in [-0.25, -0.2) is 0 Å². The van der Waals surface area contributed by atoms with Crippen LogP contribution < -0.4 is 9.47 Å². The molecule has 0 aliphatic heterocycles. The van der Waals surface area contributed by atoms with Gasteiger partial charge >= 0.3 is 0 Å². The fourth-order valence-corrected chi connectivity index (χ4v) is 2.08. The van der Waals surface area contributed by atoms with Crippen LogP contribution in [0.2, 0.25) is 0 Å². The zero-order chi connectivity index (χ0) is 15.2. The van der Waals surface area contributed by atoms with Crippen LogP contribution in [0.4, 0.5) is 0 Å². The molecule has 0 saturated heterocycles. The first kappa shape index (κ1) is 15.4. The SMILES string of the molecule is COc1cccc(C(O)COc2cccc(C(C)C)c2)c1. The molecule has 1 atom stereocenters. The van der Waals surface area contributed by atoms with Gasteiger partial charge in [0.1, 0.15) is 24.2 Å². The molecule has 0 aromatic heterocycles. The van der Waals surface area contributed by atoms with Crippen molar-refractivity contribution < 1.29 is 14.6 Å². The van der Waals surface area contributed by atoms with Crippen molar-refractivity contribution in [2.24, 2.45) is 0 Å². The first-order valence-electron chi connectivity index (χ1n) is 7.15. The summed E-state index contributed by atoms with van der Waals surface area (Å²) in [7, 11) is 1.61. The van der Waals surface area contributed by atoms with Gasteiger partial charge in [0.15, 0.2) is 0 Å². The van der Waals surface area contributed by atoms with E-state index in [1.807, 2.05) is 42.5 Å². The lowest BCUT2D eigenvalue weighted by Gasteiger charge is -2.14. The molecule has 1 unspecified atom stereocenters. The van der Waals surface area contributed by atoms with Crippen molar-refractivity contribution in [3.8, 4) is 11.5 Å². The molecule has 0 radical (unpaired) electrons. The van der Waals surface area contributed by atoms with Crippen LogP contribution in [0.15, 0.2) is 48.5 Å². The Morgan fingerprint density at radius 1 is 0.952 bits per heavy atom. The average molecular weight is 286 g/mol. The molecule has 2 rings (SSSR count). The average Bonchev–Trinajstić information content (AvgIpc) is 2.53. The normalized spacial score (nSPS) is 12.2. The smallest absolute Gasteiger partial charge is 0.119 e. The summed E-state index contributed by atoms with van der Waals surface area (Å²) in [5.41, 5.74) is 2.01. The lowest BCUT2D eigenvalue weighted by molar-refractivity contribution is 0.108. The standard InChI is InChI=1S/C18H22O3/c1-13(2)14-6-4-9-17(10-14)21-12-18(19)15-7-5-8-16(11-15)20-3/h4-11,13,18-19H,12H2,1-3H3. The molecule has 3 heteroatoms. The van der Waals surface area contributed by atoms with Crippen LogP contribution in [-0.4, -0.2) is 18.8 Å². The van der Waals surface area contributed by atoms with Crippen molar-refractivity contribution in [1.82, 2.24) is 0 Å². The van der Waals surface area contributed by atoms with E-state index >= 15 is 0 Å². The van der Waals surface area contributed by atoms with Gasteiger partial charge in [0.2, 0.25) is 0 Å². The molecule has 2 aromatic rings. The van der Waals surface area contributed by atoms with Crippen LogP contribution >= 0.6 is 0 Å². The van der Waals surface area contributed by atoms with Gasteiger partial charge in [-0.1, -0.05) is 38.1 Å². The Bertz CT molecular complexity index is 578. The molecule has 3 nitrogen and oxygen atoms in total. The largest absolute Gasteiger partial charge is 0.497 e. The van der Waals surface area contributed by atoms with E-state index in [4.69, 9.17) is 9.47 Å². The lowest BCUT2D eigenvalue weighted by Crippen LogP contribution is -2.10. The summed E-state index contributed by atoms with van der Waals surface area (Å²) in [6.07, 6.45) is -0.678. The molecular formula is C18H22O3. The molecule has 0 spiro atoms. The highest BCUT2D eigenvalue weighted by Gasteiger charge is 2.10. The topological polar surface area (TPSA) is 38.7 Å². The molecule has 0 aliphatic carbocycles. The van der Waals surface area contributed by atoms with E-state index in [-0.39, 0.29) is 6.61 Å². The van der Waals surface area contributed by atoms with E-state index in [9.17, 15) is 5.11 Å². The number of hydrogen-bond acceptors (Lipinski definition) is 3. The second-order valence-corrected chi connectivity index (χ2v) is 5.33. The van der Waals surface area contributed by atoms with Gasteiger partial charge in [0.05, 0.1) is 7.11 Å². The Hall–Kier alpha value is -2.00. The Morgan fingerprint density at radius 2 is 1.57 bits per heavy atom.